The molecule has 4 nitrogen and oxygen atoms in total. The minimum Gasteiger partial charge on any atom is -0.496 e. The molecule has 3 N–H and O–H groups in total. The lowest BCUT2D eigenvalue weighted by molar-refractivity contribution is 0.415. The molecule has 2 aromatic carbocycles. The number of methoxy groups -OCH3 is 1. The molecule has 0 aromatic heterocycles. The minimum atomic E-state index is 0.130. The van der Waals surface area contributed by atoms with Gasteiger partial charge in [0.1, 0.15) is 5.75 Å². The number of nitrogens with one attached hydrogen (secondary N) is 1. The van der Waals surface area contributed by atoms with Gasteiger partial charge in [0.15, 0.2) is 5.11 Å². The summed E-state index contributed by atoms with van der Waals surface area (Å²) in [4.78, 5) is 0. The number of rotatable bonds is 3. The topological polar surface area (TPSA) is 59.6 Å². The number of benzene rings is 2. The Balaban J connectivity index is 2.51. The molecule has 0 unspecified atom stereocenters. The Morgan fingerprint density at radius 1 is 1.33 bits per heavy atom. The normalized spacial score (nSPS) is 10.7. The van der Waals surface area contributed by atoms with Crippen molar-refractivity contribution in [2.45, 2.75) is 0 Å². The van der Waals surface area contributed by atoms with E-state index in [2.05, 4.69) is 22.7 Å². The third-order valence-electron chi connectivity index (χ3n) is 2.52. The highest BCUT2D eigenvalue weighted by molar-refractivity contribution is 7.80. The highest BCUT2D eigenvalue weighted by Crippen LogP contribution is 2.26. The molecule has 0 saturated heterocycles. The standard InChI is InChI=1S/C13H13N3OS/c1-17-12-7-6-9-4-2-3-5-10(9)11(12)8-15-16-13(14)18/h2-8H,1H3,(H3,14,16,18)/b15-8+. The van der Waals surface area contributed by atoms with E-state index in [0.717, 1.165) is 22.1 Å². The van der Waals surface area contributed by atoms with E-state index in [1.54, 1.807) is 13.3 Å². The number of thiocarbonyl (C=S) groups is 1. The summed E-state index contributed by atoms with van der Waals surface area (Å²) in [7, 11) is 1.63. The van der Waals surface area contributed by atoms with Gasteiger partial charge < -0.3 is 10.5 Å². The summed E-state index contributed by atoms with van der Waals surface area (Å²) in [6.07, 6.45) is 1.65. The van der Waals surface area contributed by atoms with Gasteiger partial charge >= 0.3 is 0 Å². The highest BCUT2D eigenvalue weighted by atomic mass is 32.1. The molecule has 18 heavy (non-hydrogen) atoms. The van der Waals surface area contributed by atoms with Crippen LogP contribution >= 0.6 is 12.2 Å². The quantitative estimate of drug-likeness (QED) is 0.503. The van der Waals surface area contributed by atoms with Gasteiger partial charge in [-0.15, -0.1) is 0 Å². The van der Waals surface area contributed by atoms with Crippen LogP contribution in [0.5, 0.6) is 5.75 Å². The van der Waals surface area contributed by atoms with Crippen molar-refractivity contribution in [1.82, 2.24) is 5.43 Å². The lowest BCUT2D eigenvalue weighted by Crippen LogP contribution is -2.24. The number of ether oxygens (including phenoxy) is 1. The fourth-order valence-corrected chi connectivity index (χ4v) is 1.80. The molecule has 0 saturated carbocycles. The molecule has 0 amide bonds. The average molecular weight is 259 g/mol. The van der Waals surface area contributed by atoms with E-state index in [4.69, 9.17) is 10.5 Å². The number of fused-ring (bicyclic) bond motifs is 1. The summed E-state index contributed by atoms with van der Waals surface area (Å²) in [6.45, 7) is 0. The van der Waals surface area contributed by atoms with Crippen molar-refractivity contribution >= 4 is 34.3 Å². The van der Waals surface area contributed by atoms with Gasteiger partial charge in [0.25, 0.3) is 0 Å². The van der Waals surface area contributed by atoms with E-state index in [1.807, 2.05) is 36.4 Å². The summed E-state index contributed by atoms with van der Waals surface area (Å²) < 4.78 is 5.33. The Hall–Kier alpha value is -2.14. The fourth-order valence-electron chi connectivity index (χ4n) is 1.75. The number of hydrazone groups is 1. The number of nitrogens with two attached hydrogens (primary N) is 1. The third kappa shape index (κ3) is 2.57. The van der Waals surface area contributed by atoms with E-state index in [0.29, 0.717) is 0 Å². The summed E-state index contributed by atoms with van der Waals surface area (Å²) in [6, 6.07) is 11.9. The molecule has 0 atom stereocenters. The highest BCUT2D eigenvalue weighted by Gasteiger charge is 2.05. The number of hydrogen-bond donors (Lipinski definition) is 2. The maximum atomic E-state index is 5.33. The van der Waals surface area contributed by atoms with Gasteiger partial charge in [0, 0.05) is 5.56 Å². The monoisotopic (exact) mass is 259 g/mol. The molecule has 0 spiro atoms. The Kier molecular flexibility index (Phi) is 3.74. The van der Waals surface area contributed by atoms with Crippen LogP contribution in [0.25, 0.3) is 10.8 Å². The Morgan fingerprint density at radius 3 is 2.83 bits per heavy atom. The molecular formula is C13H13N3OS. The van der Waals surface area contributed by atoms with Crippen molar-refractivity contribution in [3.63, 3.8) is 0 Å². The lowest BCUT2D eigenvalue weighted by Gasteiger charge is -2.08. The molecule has 2 rings (SSSR count). The molecule has 0 radical (unpaired) electrons. The van der Waals surface area contributed by atoms with E-state index in [-0.39, 0.29) is 5.11 Å². The van der Waals surface area contributed by atoms with E-state index < -0.39 is 0 Å². The Labute approximate surface area is 110 Å². The molecule has 0 fully saturated rings. The Morgan fingerprint density at radius 2 is 2.11 bits per heavy atom. The molecule has 92 valence electrons. The summed E-state index contributed by atoms with van der Waals surface area (Å²) >= 11 is 4.69. The maximum Gasteiger partial charge on any atom is 0.184 e. The second-order valence-corrected chi connectivity index (χ2v) is 4.08. The van der Waals surface area contributed by atoms with Gasteiger partial charge in [-0.05, 0) is 29.1 Å². The second kappa shape index (κ2) is 5.46. The maximum absolute atomic E-state index is 5.33. The SMILES string of the molecule is COc1ccc2ccccc2c1/C=N/NC(N)=S. The van der Waals surface area contributed by atoms with E-state index >= 15 is 0 Å². The molecule has 0 aliphatic heterocycles. The predicted octanol–water partition coefficient (Wildman–Crippen LogP) is 2.02. The molecule has 0 aliphatic rings. The first-order valence-electron chi connectivity index (χ1n) is 5.36. The number of hydrogen-bond acceptors (Lipinski definition) is 3. The van der Waals surface area contributed by atoms with Crippen LogP contribution in [0.3, 0.4) is 0 Å². The van der Waals surface area contributed by atoms with E-state index in [9.17, 15) is 0 Å². The summed E-state index contributed by atoms with van der Waals surface area (Å²) in [5, 5.41) is 6.29. The molecule has 2 aromatic rings. The minimum absolute atomic E-state index is 0.130. The van der Waals surface area contributed by atoms with Crippen molar-refractivity contribution in [2.75, 3.05) is 7.11 Å². The van der Waals surface area contributed by atoms with Gasteiger partial charge in [0.05, 0.1) is 13.3 Å². The molecular weight excluding hydrogens is 246 g/mol. The molecule has 0 aliphatic carbocycles. The summed E-state index contributed by atoms with van der Waals surface area (Å²) in [5.41, 5.74) is 8.74. The smallest absolute Gasteiger partial charge is 0.184 e. The average Bonchev–Trinajstić information content (AvgIpc) is 2.38. The van der Waals surface area contributed by atoms with Crippen LogP contribution in [0, 0.1) is 0 Å². The number of nitrogens with zero attached hydrogens (tertiary/aromatic N) is 1. The van der Waals surface area contributed by atoms with Gasteiger partial charge in [0.2, 0.25) is 0 Å². The second-order valence-electron chi connectivity index (χ2n) is 3.64. The van der Waals surface area contributed by atoms with Crippen molar-refractivity contribution in [1.29, 1.82) is 0 Å². The van der Waals surface area contributed by atoms with Gasteiger partial charge in [-0.3, -0.25) is 5.43 Å². The zero-order valence-electron chi connectivity index (χ0n) is 9.88. The molecule has 5 heteroatoms. The Bertz CT molecular complexity index is 610. The van der Waals surface area contributed by atoms with Crippen molar-refractivity contribution in [2.24, 2.45) is 10.8 Å². The first-order valence-corrected chi connectivity index (χ1v) is 5.77. The predicted molar refractivity (Wildman–Crippen MR) is 78.0 cm³/mol. The van der Waals surface area contributed by atoms with Crippen molar-refractivity contribution in [3.8, 4) is 5.75 Å². The lowest BCUT2D eigenvalue weighted by atomic mass is 10.0. The van der Waals surface area contributed by atoms with Crippen molar-refractivity contribution in [3.05, 3.63) is 42.0 Å². The third-order valence-corrected chi connectivity index (χ3v) is 2.61. The fraction of sp³-hybridized carbons (Fsp3) is 0.0769. The first kappa shape index (κ1) is 12.3. The van der Waals surface area contributed by atoms with Crippen LogP contribution in [0.4, 0.5) is 0 Å². The van der Waals surface area contributed by atoms with E-state index in [1.165, 1.54) is 0 Å². The van der Waals surface area contributed by atoms with Crippen LogP contribution in [-0.4, -0.2) is 18.4 Å². The van der Waals surface area contributed by atoms with Gasteiger partial charge in [-0.25, -0.2) is 0 Å². The zero-order chi connectivity index (χ0) is 13.0. The largest absolute Gasteiger partial charge is 0.496 e. The van der Waals surface area contributed by atoms with Gasteiger partial charge in [-0.1, -0.05) is 30.3 Å². The van der Waals surface area contributed by atoms with Crippen LogP contribution in [0.2, 0.25) is 0 Å². The first-order chi connectivity index (χ1) is 8.72. The molecule has 0 bridgehead atoms. The van der Waals surface area contributed by atoms with Crippen LogP contribution in [0.1, 0.15) is 5.56 Å². The van der Waals surface area contributed by atoms with Crippen LogP contribution < -0.4 is 15.9 Å². The van der Waals surface area contributed by atoms with Crippen LogP contribution in [-0.2, 0) is 0 Å². The molecule has 0 heterocycles. The van der Waals surface area contributed by atoms with Crippen LogP contribution in [0.15, 0.2) is 41.5 Å². The van der Waals surface area contributed by atoms with Crippen molar-refractivity contribution < 1.29 is 4.74 Å². The van der Waals surface area contributed by atoms with Gasteiger partial charge in [-0.2, -0.15) is 5.10 Å². The zero-order valence-corrected chi connectivity index (χ0v) is 10.7. The summed E-state index contributed by atoms with van der Waals surface area (Å²) in [5.74, 6) is 0.752.